The molecule has 0 spiro atoms. The molecule has 114 valence electrons. The van der Waals surface area contributed by atoms with Gasteiger partial charge in [-0.05, 0) is 17.3 Å². The summed E-state index contributed by atoms with van der Waals surface area (Å²) in [5, 5.41) is 33.6. The van der Waals surface area contributed by atoms with E-state index in [1.165, 1.54) is 0 Å². The van der Waals surface area contributed by atoms with E-state index >= 15 is 0 Å². The summed E-state index contributed by atoms with van der Waals surface area (Å²) in [6, 6.07) is 4.65. The molecule has 0 unspecified atom stereocenters. The van der Waals surface area contributed by atoms with Crippen molar-refractivity contribution in [2.24, 2.45) is 0 Å². The molecule has 2 aromatic rings. The number of rotatable bonds is 4. The van der Waals surface area contributed by atoms with E-state index < -0.39 is 12.1 Å². The Labute approximate surface area is 120 Å². The van der Waals surface area contributed by atoms with Crippen molar-refractivity contribution in [3.8, 4) is 17.6 Å². The number of nitrogens with one attached hydrogen (secondary N) is 2. The largest absolute Gasteiger partial charge is 0.573 e. The first-order valence-electron chi connectivity index (χ1n) is 5.58. The zero-order valence-electron chi connectivity index (χ0n) is 10.6. The SMILES string of the molecule is N#CC(=CNc1cc(OC(F)(F)F)ccc1O)c1nn[nH]n1. The molecule has 0 aliphatic heterocycles. The van der Waals surface area contributed by atoms with Gasteiger partial charge in [-0.15, -0.1) is 23.4 Å². The number of H-pyrrole nitrogens is 1. The van der Waals surface area contributed by atoms with Crippen molar-refractivity contribution in [2.75, 3.05) is 5.32 Å². The molecule has 1 heterocycles. The summed E-state index contributed by atoms with van der Waals surface area (Å²) in [6.45, 7) is 0. The maximum atomic E-state index is 12.1. The average molecular weight is 312 g/mol. The van der Waals surface area contributed by atoms with Crippen LogP contribution in [-0.4, -0.2) is 32.1 Å². The number of alkyl halides is 3. The van der Waals surface area contributed by atoms with Gasteiger partial charge < -0.3 is 15.2 Å². The van der Waals surface area contributed by atoms with Crippen LogP contribution in [0.25, 0.3) is 5.57 Å². The molecule has 11 heteroatoms. The van der Waals surface area contributed by atoms with Crippen LogP contribution in [0.2, 0.25) is 0 Å². The minimum atomic E-state index is -4.85. The van der Waals surface area contributed by atoms with Crippen molar-refractivity contribution >= 4 is 11.3 Å². The van der Waals surface area contributed by atoms with Crippen LogP contribution in [0.4, 0.5) is 18.9 Å². The first-order chi connectivity index (χ1) is 10.4. The number of phenolic OH excluding ortho intramolecular Hbond substituents is 1. The predicted molar refractivity (Wildman–Crippen MR) is 66.2 cm³/mol. The number of tetrazole rings is 1. The highest BCUT2D eigenvalue weighted by atomic mass is 19.4. The quantitative estimate of drug-likeness (QED) is 0.581. The number of phenols is 1. The molecular weight excluding hydrogens is 305 g/mol. The van der Waals surface area contributed by atoms with Gasteiger partial charge in [0.1, 0.15) is 23.1 Å². The smallest absolute Gasteiger partial charge is 0.506 e. The van der Waals surface area contributed by atoms with Crippen LogP contribution >= 0.6 is 0 Å². The average Bonchev–Trinajstić information content (AvgIpc) is 2.95. The Kier molecular flexibility index (Phi) is 4.12. The molecule has 1 aromatic carbocycles. The summed E-state index contributed by atoms with van der Waals surface area (Å²) in [5.41, 5.74) is -0.145. The van der Waals surface area contributed by atoms with Gasteiger partial charge in [-0.1, -0.05) is 0 Å². The van der Waals surface area contributed by atoms with Crippen LogP contribution in [0.5, 0.6) is 11.5 Å². The first kappa shape index (κ1) is 15.1. The van der Waals surface area contributed by atoms with E-state index in [1.807, 2.05) is 0 Å². The molecule has 0 bridgehead atoms. The van der Waals surface area contributed by atoms with Gasteiger partial charge in [-0.25, -0.2) is 0 Å². The Morgan fingerprint density at radius 2 is 2.23 bits per heavy atom. The number of nitrogens with zero attached hydrogens (tertiary/aromatic N) is 4. The van der Waals surface area contributed by atoms with E-state index in [0.29, 0.717) is 0 Å². The van der Waals surface area contributed by atoms with Gasteiger partial charge >= 0.3 is 6.36 Å². The van der Waals surface area contributed by atoms with Crippen molar-refractivity contribution in [2.45, 2.75) is 6.36 Å². The van der Waals surface area contributed by atoms with Crippen LogP contribution in [-0.2, 0) is 0 Å². The van der Waals surface area contributed by atoms with E-state index in [0.717, 1.165) is 24.4 Å². The fraction of sp³-hybridized carbons (Fsp3) is 0.0909. The molecule has 8 nitrogen and oxygen atoms in total. The Bertz CT molecular complexity index is 720. The number of aromatic amines is 1. The molecule has 22 heavy (non-hydrogen) atoms. The molecule has 0 fully saturated rings. The molecule has 0 saturated carbocycles. The van der Waals surface area contributed by atoms with Gasteiger partial charge in [-0.3, -0.25) is 0 Å². The van der Waals surface area contributed by atoms with Gasteiger partial charge in [0, 0.05) is 12.3 Å². The minimum absolute atomic E-state index is 0.0165. The molecule has 0 atom stereocenters. The number of nitriles is 1. The Hall–Kier alpha value is -3.29. The second-order valence-corrected chi connectivity index (χ2v) is 3.78. The lowest BCUT2D eigenvalue weighted by molar-refractivity contribution is -0.274. The van der Waals surface area contributed by atoms with E-state index in [4.69, 9.17) is 5.26 Å². The minimum Gasteiger partial charge on any atom is -0.506 e. The van der Waals surface area contributed by atoms with Crippen LogP contribution in [0.15, 0.2) is 24.4 Å². The lowest BCUT2D eigenvalue weighted by Gasteiger charge is -2.11. The first-order valence-corrected chi connectivity index (χ1v) is 5.58. The lowest BCUT2D eigenvalue weighted by Crippen LogP contribution is -2.17. The maximum absolute atomic E-state index is 12.1. The van der Waals surface area contributed by atoms with Crippen LogP contribution in [0.1, 0.15) is 5.82 Å². The number of halogens is 3. The summed E-state index contributed by atoms with van der Waals surface area (Å²) in [5.74, 6) is -0.882. The van der Waals surface area contributed by atoms with Crippen molar-refractivity contribution in [1.29, 1.82) is 5.26 Å². The van der Waals surface area contributed by atoms with Gasteiger partial charge in [-0.2, -0.15) is 10.5 Å². The van der Waals surface area contributed by atoms with Crippen LogP contribution in [0, 0.1) is 11.3 Å². The number of hydrogen-bond donors (Lipinski definition) is 3. The fourth-order valence-electron chi connectivity index (χ4n) is 1.40. The molecule has 0 amide bonds. The van der Waals surface area contributed by atoms with Crippen LogP contribution in [0.3, 0.4) is 0 Å². The number of benzene rings is 1. The second kappa shape index (κ2) is 6.00. The standard InChI is InChI=1S/C11H7F3N6O2/c12-11(13,14)22-7-1-2-9(21)8(3-7)16-5-6(4-15)10-17-19-20-18-10/h1-3,5,16,21H,(H,17,18,19,20). The summed E-state index contributed by atoms with van der Waals surface area (Å²) in [4.78, 5) is 0. The zero-order valence-corrected chi connectivity index (χ0v) is 10.6. The van der Waals surface area contributed by atoms with Crippen molar-refractivity contribution < 1.29 is 23.0 Å². The normalized spacial score (nSPS) is 11.8. The van der Waals surface area contributed by atoms with Crippen LogP contribution < -0.4 is 10.1 Å². The topological polar surface area (TPSA) is 120 Å². The monoisotopic (exact) mass is 312 g/mol. The number of allylic oxidation sites excluding steroid dienone is 1. The number of ether oxygens (including phenoxy) is 1. The van der Waals surface area contributed by atoms with Gasteiger partial charge in [0.05, 0.1) is 5.69 Å². The molecule has 0 aliphatic rings. The zero-order chi connectivity index (χ0) is 16.2. The third-order valence-corrected chi connectivity index (χ3v) is 2.28. The molecule has 0 aliphatic carbocycles. The van der Waals surface area contributed by atoms with E-state index in [2.05, 4.69) is 30.7 Å². The lowest BCUT2D eigenvalue weighted by atomic mass is 10.2. The van der Waals surface area contributed by atoms with Crippen molar-refractivity contribution in [3.05, 3.63) is 30.2 Å². The van der Waals surface area contributed by atoms with Gasteiger partial charge in [0.25, 0.3) is 0 Å². The maximum Gasteiger partial charge on any atom is 0.573 e. The van der Waals surface area contributed by atoms with E-state index in [9.17, 15) is 18.3 Å². The van der Waals surface area contributed by atoms with E-state index in [-0.39, 0.29) is 22.8 Å². The highest BCUT2D eigenvalue weighted by Gasteiger charge is 2.31. The van der Waals surface area contributed by atoms with E-state index in [1.54, 1.807) is 6.07 Å². The van der Waals surface area contributed by atoms with Gasteiger partial charge in [0.15, 0.2) is 0 Å². The molecule has 0 saturated heterocycles. The molecule has 1 aromatic heterocycles. The summed E-state index contributed by atoms with van der Waals surface area (Å²) >= 11 is 0. The molecule has 3 N–H and O–H groups in total. The van der Waals surface area contributed by atoms with Crippen molar-refractivity contribution in [1.82, 2.24) is 20.6 Å². The number of anilines is 1. The second-order valence-electron chi connectivity index (χ2n) is 3.78. The number of aromatic nitrogens is 4. The summed E-state index contributed by atoms with van der Waals surface area (Å²) < 4.78 is 40.1. The Morgan fingerprint density at radius 1 is 1.45 bits per heavy atom. The highest BCUT2D eigenvalue weighted by Crippen LogP contribution is 2.31. The van der Waals surface area contributed by atoms with Crippen molar-refractivity contribution in [3.63, 3.8) is 0 Å². The highest BCUT2D eigenvalue weighted by molar-refractivity contribution is 5.75. The Balaban J connectivity index is 2.22. The number of hydrogen-bond acceptors (Lipinski definition) is 7. The molecule has 0 radical (unpaired) electrons. The van der Waals surface area contributed by atoms with Gasteiger partial charge in [0.2, 0.25) is 5.82 Å². The molecular formula is C11H7F3N6O2. The summed E-state index contributed by atoms with van der Waals surface area (Å²) in [6.07, 6.45) is -3.75. The third-order valence-electron chi connectivity index (χ3n) is 2.28. The fourth-order valence-corrected chi connectivity index (χ4v) is 1.40. The predicted octanol–water partition coefficient (Wildman–Crippen LogP) is 1.78. The summed E-state index contributed by atoms with van der Waals surface area (Å²) in [7, 11) is 0. The number of aromatic hydroxyl groups is 1. The third kappa shape index (κ3) is 3.85. The molecule has 2 rings (SSSR count). The Morgan fingerprint density at radius 3 is 2.82 bits per heavy atom.